The standard InChI is InChI=1S/C7H9ClN2O/c1-3-5(8)4(2)10-6(3)7(9)11/h10H,1-2H3,(H2,9,11). The maximum atomic E-state index is 10.7. The van der Waals surface area contributed by atoms with E-state index < -0.39 is 5.91 Å². The Morgan fingerprint density at radius 2 is 2.09 bits per heavy atom. The molecule has 0 aliphatic rings. The number of rotatable bonds is 1. The van der Waals surface area contributed by atoms with Gasteiger partial charge in [-0.3, -0.25) is 4.79 Å². The van der Waals surface area contributed by atoms with Crippen molar-refractivity contribution >= 4 is 17.5 Å². The quantitative estimate of drug-likeness (QED) is 0.661. The zero-order chi connectivity index (χ0) is 8.59. The Morgan fingerprint density at radius 1 is 1.55 bits per heavy atom. The Morgan fingerprint density at radius 3 is 2.27 bits per heavy atom. The highest BCUT2D eigenvalue weighted by Crippen LogP contribution is 2.22. The van der Waals surface area contributed by atoms with Gasteiger partial charge < -0.3 is 10.7 Å². The zero-order valence-electron chi connectivity index (χ0n) is 6.36. The molecule has 0 spiro atoms. The van der Waals surface area contributed by atoms with E-state index in [1.165, 1.54) is 0 Å². The number of hydrogen-bond acceptors (Lipinski definition) is 1. The number of carbonyl (C=O) groups is 1. The molecule has 60 valence electrons. The molecule has 0 saturated heterocycles. The van der Waals surface area contributed by atoms with E-state index >= 15 is 0 Å². The summed E-state index contributed by atoms with van der Waals surface area (Å²) in [6, 6.07) is 0. The molecule has 1 heterocycles. The molecular weight excluding hydrogens is 164 g/mol. The van der Waals surface area contributed by atoms with Crippen molar-refractivity contribution in [2.24, 2.45) is 5.73 Å². The summed E-state index contributed by atoms with van der Waals surface area (Å²) >= 11 is 5.80. The summed E-state index contributed by atoms with van der Waals surface area (Å²) in [6.45, 7) is 3.55. The Bertz CT molecular complexity index is 304. The van der Waals surface area contributed by atoms with Crippen molar-refractivity contribution in [3.8, 4) is 0 Å². The SMILES string of the molecule is Cc1[nH]c(C(N)=O)c(C)c1Cl. The van der Waals surface area contributed by atoms with Gasteiger partial charge >= 0.3 is 0 Å². The van der Waals surface area contributed by atoms with Crippen molar-refractivity contribution in [1.82, 2.24) is 4.98 Å². The molecular formula is C7H9ClN2O. The molecule has 11 heavy (non-hydrogen) atoms. The van der Waals surface area contributed by atoms with Crippen molar-refractivity contribution < 1.29 is 4.79 Å². The van der Waals surface area contributed by atoms with Gasteiger partial charge in [0.25, 0.3) is 5.91 Å². The number of aryl methyl sites for hydroxylation is 1. The van der Waals surface area contributed by atoms with Gasteiger partial charge in [0.1, 0.15) is 5.69 Å². The van der Waals surface area contributed by atoms with Gasteiger partial charge in [0.15, 0.2) is 0 Å². The molecule has 0 fully saturated rings. The molecule has 1 amide bonds. The number of aromatic amines is 1. The van der Waals surface area contributed by atoms with Crippen molar-refractivity contribution in [2.75, 3.05) is 0 Å². The fraction of sp³-hybridized carbons (Fsp3) is 0.286. The highest BCUT2D eigenvalue weighted by Gasteiger charge is 2.12. The van der Waals surface area contributed by atoms with Crippen molar-refractivity contribution in [3.63, 3.8) is 0 Å². The number of H-pyrrole nitrogens is 1. The lowest BCUT2D eigenvalue weighted by Crippen LogP contribution is -2.12. The number of primary amides is 1. The van der Waals surface area contributed by atoms with Crippen LogP contribution >= 0.6 is 11.6 Å². The van der Waals surface area contributed by atoms with Crippen LogP contribution in [-0.4, -0.2) is 10.9 Å². The van der Waals surface area contributed by atoms with E-state index in [9.17, 15) is 4.79 Å². The lowest BCUT2D eigenvalue weighted by Gasteiger charge is -1.90. The maximum absolute atomic E-state index is 10.7. The summed E-state index contributed by atoms with van der Waals surface area (Å²) in [6.07, 6.45) is 0. The van der Waals surface area contributed by atoms with Crippen LogP contribution in [0.25, 0.3) is 0 Å². The second kappa shape index (κ2) is 2.58. The molecule has 3 nitrogen and oxygen atoms in total. The predicted molar refractivity (Wildman–Crippen MR) is 43.8 cm³/mol. The van der Waals surface area contributed by atoms with Crippen molar-refractivity contribution in [2.45, 2.75) is 13.8 Å². The highest BCUT2D eigenvalue weighted by molar-refractivity contribution is 6.32. The van der Waals surface area contributed by atoms with Crippen LogP contribution in [0.3, 0.4) is 0 Å². The van der Waals surface area contributed by atoms with E-state index in [0.717, 1.165) is 11.3 Å². The predicted octanol–water partition coefficient (Wildman–Crippen LogP) is 1.38. The van der Waals surface area contributed by atoms with Crippen LogP contribution in [0.15, 0.2) is 0 Å². The van der Waals surface area contributed by atoms with Gasteiger partial charge in [0.05, 0.1) is 5.02 Å². The molecule has 0 aromatic carbocycles. The molecule has 0 saturated carbocycles. The van der Waals surface area contributed by atoms with Crippen LogP contribution in [0.4, 0.5) is 0 Å². The first-order valence-corrected chi connectivity index (χ1v) is 3.56. The zero-order valence-corrected chi connectivity index (χ0v) is 7.12. The first-order valence-electron chi connectivity index (χ1n) is 3.18. The smallest absolute Gasteiger partial charge is 0.265 e. The van der Waals surface area contributed by atoms with Gasteiger partial charge in [-0.25, -0.2) is 0 Å². The van der Waals surface area contributed by atoms with Gasteiger partial charge in [-0.05, 0) is 19.4 Å². The van der Waals surface area contributed by atoms with Gasteiger partial charge in [-0.1, -0.05) is 11.6 Å². The normalized spacial score (nSPS) is 10.1. The third-order valence-corrected chi connectivity index (χ3v) is 2.16. The van der Waals surface area contributed by atoms with Crippen LogP contribution in [0.1, 0.15) is 21.7 Å². The summed E-state index contributed by atoms with van der Waals surface area (Å²) in [5, 5.41) is 0.582. The van der Waals surface area contributed by atoms with E-state index in [2.05, 4.69) is 4.98 Å². The topological polar surface area (TPSA) is 58.9 Å². The lowest BCUT2D eigenvalue weighted by molar-refractivity contribution is 0.0995. The van der Waals surface area contributed by atoms with Crippen LogP contribution in [0.5, 0.6) is 0 Å². The molecule has 0 bridgehead atoms. The first-order chi connectivity index (χ1) is 5.04. The Labute approximate surface area is 69.5 Å². The largest absolute Gasteiger partial charge is 0.364 e. The van der Waals surface area contributed by atoms with Crippen molar-refractivity contribution in [1.29, 1.82) is 0 Å². The molecule has 4 heteroatoms. The van der Waals surface area contributed by atoms with Crippen LogP contribution in [0, 0.1) is 13.8 Å². The molecule has 1 rings (SSSR count). The number of hydrogen-bond donors (Lipinski definition) is 2. The van der Waals surface area contributed by atoms with E-state index in [-0.39, 0.29) is 0 Å². The van der Waals surface area contributed by atoms with Crippen LogP contribution in [0.2, 0.25) is 5.02 Å². The van der Waals surface area contributed by atoms with Crippen LogP contribution in [-0.2, 0) is 0 Å². The minimum Gasteiger partial charge on any atom is -0.364 e. The van der Waals surface area contributed by atoms with Gasteiger partial charge in [0.2, 0.25) is 0 Å². The summed E-state index contributed by atoms with van der Waals surface area (Å²) in [5.74, 6) is -0.475. The third-order valence-electron chi connectivity index (χ3n) is 1.59. The number of halogens is 1. The fourth-order valence-corrected chi connectivity index (χ4v) is 1.12. The Balaban J connectivity index is 3.29. The number of nitrogens with one attached hydrogen (secondary N) is 1. The van der Waals surface area contributed by atoms with E-state index in [4.69, 9.17) is 17.3 Å². The number of amides is 1. The van der Waals surface area contributed by atoms with Crippen molar-refractivity contribution in [3.05, 3.63) is 22.0 Å². The molecule has 1 aromatic rings. The fourth-order valence-electron chi connectivity index (χ4n) is 0.974. The molecule has 0 atom stereocenters. The van der Waals surface area contributed by atoms with Gasteiger partial charge in [-0.2, -0.15) is 0 Å². The summed E-state index contributed by atoms with van der Waals surface area (Å²) in [7, 11) is 0. The number of aromatic nitrogens is 1. The second-order valence-electron chi connectivity index (χ2n) is 2.43. The third kappa shape index (κ3) is 1.24. The maximum Gasteiger partial charge on any atom is 0.265 e. The molecule has 1 aromatic heterocycles. The number of nitrogens with two attached hydrogens (primary N) is 1. The van der Waals surface area contributed by atoms with E-state index in [1.54, 1.807) is 13.8 Å². The van der Waals surface area contributed by atoms with Gasteiger partial charge in [-0.15, -0.1) is 0 Å². The lowest BCUT2D eigenvalue weighted by atomic mass is 10.2. The van der Waals surface area contributed by atoms with Crippen LogP contribution < -0.4 is 5.73 Å². The summed E-state index contributed by atoms with van der Waals surface area (Å²) in [5.41, 5.74) is 6.96. The molecule has 0 unspecified atom stereocenters. The Kier molecular flexibility index (Phi) is 1.91. The first kappa shape index (κ1) is 8.14. The highest BCUT2D eigenvalue weighted by atomic mass is 35.5. The number of carbonyl (C=O) groups excluding carboxylic acids is 1. The van der Waals surface area contributed by atoms with Gasteiger partial charge in [0, 0.05) is 5.69 Å². The molecule has 0 aliphatic carbocycles. The molecule has 3 N–H and O–H groups in total. The summed E-state index contributed by atoms with van der Waals surface area (Å²) < 4.78 is 0. The Hall–Kier alpha value is -0.960. The average molecular weight is 173 g/mol. The summed E-state index contributed by atoms with van der Waals surface area (Å²) in [4.78, 5) is 13.5. The second-order valence-corrected chi connectivity index (χ2v) is 2.81. The monoisotopic (exact) mass is 172 g/mol. The molecule has 0 radical (unpaired) electrons. The van der Waals surface area contributed by atoms with E-state index in [0.29, 0.717) is 10.7 Å². The average Bonchev–Trinajstić information content (AvgIpc) is 2.17. The van der Waals surface area contributed by atoms with E-state index in [1.807, 2.05) is 0 Å². The minimum absolute atomic E-state index is 0.396. The minimum atomic E-state index is -0.475. The molecule has 0 aliphatic heterocycles.